The van der Waals surface area contributed by atoms with E-state index >= 15 is 0 Å². The minimum atomic E-state index is -3.22. The number of halogens is 2. The molecule has 0 aliphatic rings. The molecule has 0 aliphatic heterocycles. The van der Waals surface area contributed by atoms with E-state index in [1.807, 2.05) is 27.7 Å². The fraction of sp³-hybridized carbons (Fsp3) is 1.00. The number of hydrogen-bond donors (Lipinski definition) is 2. The molecule has 2 N–H and O–H groups in total. The molecule has 152 valence electrons. The van der Waals surface area contributed by atoms with Gasteiger partial charge in [-0.05, 0) is 40.5 Å². The zero-order valence-electron chi connectivity index (χ0n) is 15.3. The summed E-state index contributed by atoms with van der Waals surface area (Å²) in [6.07, 6.45) is 0.929. The van der Waals surface area contributed by atoms with Crippen LogP contribution in [0.1, 0.15) is 40.5 Å². The topological polar surface area (TPSA) is 102 Å². The van der Waals surface area contributed by atoms with Crippen LogP contribution in [0, 0.1) is 0 Å². The third-order valence-electron chi connectivity index (χ3n) is 3.67. The van der Waals surface area contributed by atoms with Crippen LogP contribution in [0.2, 0.25) is 0 Å². The standard InChI is InChI=1S/C14H30Br2N2O5S2/c1-13(2,17-15)5-9-24(19,20)11-7-23-8-12-25(21,22)10-6-14(3,4)18-16/h17-18H,5-12H2,1-4H3. The van der Waals surface area contributed by atoms with Crippen LogP contribution in [0.5, 0.6) is 0 Å². The smallest absolute Gasteiger partial charge is 0.152 e. The Kier molecular flexibility index (Phi) is 11.2. The molecule has 0 heterocycles. The summed E-state index contributed by atoms with van der Waals surface area (Å²) >= 11 is 6.25. The highest BCUT2D eigenvalue weighted by Gasteiger charge is 2.22. The van der Waals surface area contributed by atoms with E-state index in [9.17, 15) is 16.8 Å². The summed E-state index contributed by atoms with van der Waals surface area (Å²) < 4.78 is 58.8. The average molecular weight is 530 g/mol. The van der Waals surface area contributed by atoms with Gasteiger partial charge in [-0.25, -0.2) is 16.8 Å². The SMILES string of the molecule is CC(C)(CCS(=O)(=O)CCOCCS(=O)(=O)CCC(C)(C)NBr)NBr. The van der Waals surface area contributed by atoms with Crippen molar-refractivity contribution in [3.63, 3.8) is 0 Å². The second-order valence-electron chi connectivity index (χ2n) is 7.37. The van der Waals surface area contributed by atoms with Gasteiger partial charge in [-0.2, -0.15) is 0 Å². The molecule has 0 radical (unpaired) electrons. The minimum Gasteiger partial charge on any atom is -0.379 e. The number of nitrogens with one attached hydrogen (secondary N) is 2. The van der Waals surface area contributed by atoms with Crippen LogP contribution in [0.4, 0.5) is 0 Å². The fourth-order valence-electron chi connectivity index (χ4n) is 1.59. The predicted octanol–water partition coefficient (Wildman–Crippen LogP) is 1.97. The molecule has 0 aromatic heterocycles. The second-order valence-corrected chi connectivity index (χ2v) is 12.8. The molecule has 0 amide bonds. The number of ether oxygens (including phenoxy) is 1. The highest BCUT2D eigenvalue weighted by molar-refractivity contribution is 9.08. The zero-order chi connectivity index (χ0) is 19.8. The largest absolute Gasteiger partial charge is 0.379 e. The van der Waals surface area contributed by atoms with E-state index < -0.39 is 19.7 Å². The van der Waals surface area contributed by atoms with Crippen LogP contribution >= 0.6 is 32.3 Å². The molecule has 0 spiro atoms. The Morgan fingerprint density at radius 3 is 1.32 bits per heavy atom. The van der Waals surface area contributed by atoms with E-state index in [-0.39, 0.29) is 47.3 Å². The zero-order valence-corrected chi connectivity index (χ0v) is 20.1. The van der Waals surface area contributed by atoms with Gasteiger partial charge < -0.3 is 4.74 Å². The highest BCUT2D eigenvalue weighted by Crippen LogP contribution is 2.13. The van der Waals surface area contributed by atoms with Crippen LogP contribution in [0.25, 0.3) is 0 Å². The molecular weight excluding hydrogens is 500 g/mol. The molecule has 0 aromatic rings. The van der Waals surface area contributed by atoms with Gasteiger partial charge in [0.15, 0.2) is 19.7 Å². The molecule has 0 aromatic carbocycles. The van der Waals surface area contributed by atoms with Crippen molar-refractivity contribution < 1.29 is 21.6 Å². The lowest BCUT2D eigenvalue weighted by atomic mass is 10.0. The Labute approximate surface area is 169 Å². The lowest BCUT2D eigenvalue weighted by Gasteiger charge is -2.22. The summed E-state index contributed by atoms with van der Waals surface area (Å²) in [5.41, 5.74) is -0.639. The molecule has 0 atom stereocenters. The number of rotatable bonds is 14. The van der Waals surface area contributed by atoms with E-state index in [1.54, 1.807) is 0 Å². The lowest BCUT2D eigenvalue weighted by molar-refractivity contribution is 0.164. The fourth-order valence-corrected chi connectivity index (χ4v) is 4.78. The van der Waals surface area contributed by atoms with Gasteiger partial charge in [0.1, 0.15) is 0 Å². The first-order valence-corrected chi connectivity index (χ1v) is 13.2. The first-order chi connectivity index (χ1) is 11.2. The van der Waals surface area contributed by atoms with Gasteiger partial charge in [-0.3, -0.25) is 8.69 Å². The second kappa shape index (κ2) is 10.9. The van der Waals surface area contributed by atoms with Gasteiger partial charge in [0, 0.05) is 43.4 Å². The summed E-state index contributed by atoms with van der Waals surface area (Å²) in [5.74, 6) is -0.109. The normalized spacial score (nSPS) is 14.0. The maximum atomic E-state index is 11.9. The van der Waals surface area contributed by atoms with E-state index in [4.69, 9.17) is 4.74 Å². The maximum Gasteiger partial charge on any atom is 0.152 e. The van der Waals surface area contributed by atoms with Crippen molar-refractivity contribution in [2.45, 2.75) is 51.6 Å². The molecule has 11 heteroatoms. The van der Waals surface area contributed by atoms with Gasteiger partial charge >= 0.3 is 0 Å². The van der Waals surface area contributed by atoms with Gasteiger partial charge in [-0.1, -0.05) is 0 Å². The van der Waals surface area contributed by atoms with Crippen molar-refractivity contribution in [3.8, 4) is 0 Å². The van der Waals surface area contributed by atoms with Crippen molar-refractivity contribution in [1.29, 1.82) is 0 Å². The molecule has 25 heavy (non-hydrogen) atoms. The average Bonchev–Trinajstić information content (AvgIpc) is 2.51. The van der Waals surface area contributed by atoms with Crippen LogP contribution in [0.15, 0.2) is 0 Å². The van der Waals surface area contributed by atoms with Crippen molar-refractivity contribution in [3.05, 3.63) is 0 Å². The molecule has 0 unspecified atom stereocenters. The van der Waals surface area contributed by atoms with Gasteiger partial charge in [-0.15, -0.1) is 0 Å². The number of sulfone groups is 2. The van der Waals surface area contributed by atoms with E-state index in [0.717, 1.165) is 0 Å². The monoisotopic (exact) mass is 528 g/mol. The Morgan fingerprint density at radius 1 is 0.720 bits per heavy atom. The molecule has 0 fully saturated rings. The van der Waals surface area contributed by atoms with Crippen molar-refractivity contribution in [2.75, 3.05) is 36.2 Å². The Bertz CT molecular complexity index is 540. The molecule has 0 saturated carbocycles. The Morgan fingerprint density at radius 2 is 1.04 bits per heavy atom. The lowest BCUT2D eigenvalue weighted by Crippen LogP contribution is -2.35. The van der Waals surface area contributed by atoms with Crippen molar-refractivity contribution >= 4 is 52.0 Å². The third-order valence-corrected chi connectivity index (χ3v) is 9.04. The van der Waals surface area contributed by atoms with Crippen LogP contribution in [-0.4, -0.2) is 64.1 Å². The Balaban J connectivity index is 4.08. The van der Waals surface area contributed by atoms with Gasteiger partial charge in [0.25, 0.3) is 0 Å². The molecular formula is C14H30Br2N2O5S2. The molecule has 7 nitrogen and oxygen atoms in total. The molecule has 0 aliphatic carbocycles. The quantitative estimate of drug-likeness (QED) is 0.262. The third kappa shape index (κ3) is 13.5. The summed E-state index contributed by atoms with van der Waals surface area (Å²) in [4.78, 5) is 0. The molecule has 0 saturated heterocycles. The summed E-state index contributed by atoms with van der Waals surface area (Å²) in [6.45, 7) is 7.59. The number of hydrogen-bond acceptors (Lipinski definition) is 7. The summed E-state index contributed by atoms with van der Waals surface area (Å²) in [7, 11) is -6.45. The van der Waals surface area contributed by atoms with Crippen molar-refractivity contribution in [1.82, 2.24) is 8.69 Å². The predicted molar refractivity (Wildman–Crippen MR) is 110 cm³/mol. The summed E-state index contributed by atoms with van der Waals surface area (Å²) in [6, 6.07) is 0. The van der Waals surface area contributed by atoms with Gasteiger partial charge in [0.05, 0.1) is 36.2 Å². The van der Waals surface area contributed by atoms with Crippen molar-refractivity contribution in [2.24, 2.45) is 0 Å². The maximum absolute atomic E-state index is 11.9. The molecule has 0 bridgehead atoms. The van der Waals surface area contributed by atoms with E-state index in [2.05, 4.69) is 41.0 Å². The minimum absolute atomic E-state index is 0.00840. The molecule has 0 rings (SSSR count). The highest BCUT2D eigenvalue weighted by atomic mass is 79.9. The van der Waals surface area contributed by atoms with E-state index in [1.165, 1.54) is 0 Å². The van der Waals surface area contributed by atoms with Gasteiger partial charge in [0.2, 0.25) is 0 Å². The first kappa shape index (κ1) is 25.7. The van der Waals surface area contributed by atoms with E-state index in [0.29, 0.717) is 12.8 Å². The summed E-state index contributed by atoms with van der Waals surface area (Å²) in [5, 5.41) is 0. The first-order valence-electron chi connectivity index (χ1n) is 7.98. The van der Waals surface area contributed by atoms with Crippen LogP contribution < -0.4 is 8.69 Å². The Hall–Kier alpha value is 0.740. The van der Waals surface area contributed by atoms with Crippen LogP contribution in [-0.2, 0) is 24.4 Å². The van der Waals surface area contributed by atoms with Crippen LogP contribution in [0.3, 0.4) is 0 Å².